The van der Waals surface area contributed by atoms with E-state index in [4.69, 9.17) is 0 Å². The molecule has 10 nitrogen and oxygen atoms in total. The molecule has 6 aromatic heterocycles. The number of pyridine rings is 4. The monoisotopic (exact) mass is 1120 g/mol. The smallest absolute Gasteiger partial charge is 2.00 e. The van der Waals surface area contributed by atoms with Gasteiger partial charge in [-0.1, -0.05) is 80.4 Å². The maximum atomic E-state index is 9.87. The minimum atomic E-state index is -10.7. The van der Waals surface area contributed by atoms with Crippen molar-refractivity contribution in [2.75, 3.05) is 0 Å². The predicted molar refractivity (Wildman–Crippen MR) is 226 cm³/mol. The van der Waals surface area contributed by atoms with E-state index in [0.29, 0.717) is 57.7 Å². The minimum absolute atomic E-state index is 0. The maximum absolute atomic E-state index is 10.7. The molecule has 8 aromatic rings. The van der Waals surface area contributed by atoms with Gasteiger partial charge in [0.25, 0.3) is 0 Å². The number of rotatable bonds is 6. The Kier molecular flexibility index (Phi) is 15.4. The zero-order valence-corrected chi connectivity index (χ0v) is 37.9. The summed E-state index contributed by atoms with van der Waals surface area (Å²) in [6.07, 6.45) is 6.88. The Labute approximate surface area is 386 Å². The van der Waals surface area contributed by atoms with Crippen molar-refractivity contribution >= 4 is 47.5 Å². The summed E-state index contributed by atoms with van der Waals surface area (Å²) in [6.45, 7) is 0. The van der Waals surface area contributed by atoms with Gasteiger partial charge < -0.3 is 0 Å². The van der Waals surface area contributed by atoms with E-state index in [1.165, 1.54) is 0 Å². The van der Waals surface area contributed by atoms with E-state index in [9.17, 15) is 50.4 Å². The van der Waals surface area contributed by atoms with Crippen LogP contribution in [0.25, 0.3) is 68.8 Å². The van der Waals surface area contributed by atoms with Crippen molar-refractivity contribution < 1.29 is 67.4 Å². The fraction of sp³-hybridized carbons (Fsp3) is 0. The number of hydrogen-bond donors (Lipinski definition) is 0. The number of aromatic nitrogens is 10. The van der Waals surface area contributed by atoms with Crippen LogP contribution in [0.3, 0.4) is 0 Å². The van der Waals surface area contributed by atoms with Crippen LogP contribution >= 0.6 is 47.5 Å². The Hall–Kier alpha value is -5.44. The molecule has 342 valence electrons. The Morgan fingerprint density at radius 1 is 0.292 bits per heavy atom. The van der Waals surface area contributed by atoms with Gasteiger partial charge in [-0.25, -0.2) is 29.9 Å². The third-order valence-corrected chi connectivity index (χ3v) is 8.11. The molecule has 0 fully saturated rings. The summed E-state index contributed by atoms with van der Waals surface area (Å²) in [6, 6.07) is 38.3. The Morgan fingerprint density at radius 3 is 0.677 bits per heavy atom. The van der Waals surface area contributed by atoms with Crippen molar-refractivity contribution in [1.29, 1.82) is 0 Å². The molecule has 0 unspecified atom stereocenters. The molecule has 6 heterocycles. The molecule has 0 spiro atoms. The summed E-state index contributed by atoms with van der Waals surface area (Å²) in [5.41, 5.74) is 4.58. The van der Waals surface area contributed by atoms with Crippen LogP contribution in [0, 0.1) is 0 Å². The second-order valence-corrected chi connectivity index (χ2v) is 18.1. The molecule has 0 bridgehead atoms. The molecule has 8 rings (SSSR count). The maximum Gasteiger partial charge on any atom is 2.00 e. The first-order chi connectivity index (χ1) is 29.5. The first-order valence-corrected chi connectivity index (χ1v) is 23.0. The van der Waals surface area contributed by atoms with Gasteiger partial charge in [0.1, 0.15) is 22.8 Å². The van der Waals surface area contributed by atoms with Crippen LogP contribution in [0.15, 0.2) is 155 Å². The van der Waals surface area contributed by atoms with E-state index in [2.05, 4.69) is 81.7 Å². The molecule has 0 aliphatic rings. The molecule has 0 radical (unpaired) electrons. The largest absolute Gasteiger partial charge is 2.00 e. The summed E-state index contributed by atoms with van der Waals surface area (Å²) >= 11 is 6.89. The topological polar surface area (TPSA) is 129 Å². The van der Waals surface area contributed by atoms with Gasteiger partial charge in [-0.05, 0) is 72.8 Å². The molecule has 0 aliphatic heterocycles. The van der Waals surface area contributed by atoms with Crippen LogP contribution in [-0.2, 0) is 17.1 Å². The second-order valence-electron chi connectivity index (χ2n) is 12.4. The summed E-state index contributed by atoms with van der Waals surface area (Å²) in [5, 5.41) is 0. The Bertz CT molecular complexity index is 2490. The van der Waals surface area contributed by atoms with Crippen LogP contribution in [0.4, 0.5) is 50.4 Å². The van der Waals surface area contributed by atoms with E-state index in [0.717, 1.165) is 20.1 Å². The Morgan fingerprint density at radius 2 is 0.492 bits per heavy atom. The third kappa shape index (κ3) is 21.0. The van der Waals surface area contributed by atoms with Crippen molar-refractivity contribution in [3.63, 3.8) is 0 Å². The van der Waals surface area contributed by atoms with E-state index >= 15 is 0 Å². The number of benzene rings is 2. The molecule has 65 heavy (non-hydrogen) atoms. The Balaban J connectivity index is 0.000000219. The predicted octanol–water partition coefficient (Wildman–Crippen LogP) is 15.6. The van der Waals surface area contributed by atoms with E-state index in [1.54, 1.807) is 24.8 Å². The molecule has 0 N–H and O–H groups in total. The van der Waals surface area contributed by atoms with Gasteiger partial charge in [-0.2, -0.15) is 0 Å². The van der Waals surface area contributed by atoms with Gasteiger partial charge in [0, 0.05) is 44.9 Å². The summed E-state index contributed by atoms with van der Waals surface area (Å²) in [5.74, 6) is 3.26. The number of hydrogen-bond acceptors (Lipinski definition) is 10. The van der Waals surface area contributed by atoms with Gasteiger partial charge in [0.05, 0.1) is 0 Å². The molecule has 27 heteroatoms. The van der Waals surface area contributed by atoms with Crippen LogP contribution in [0.1, 0.15) is 0 Å². The summed E-state index contributed by atoms with van der Waals surface area (Å²) < 4.78 is 120. The van der Waals surface area contributed by atoms with Crippen LogP contribution in [0.2, 0.25) is 0 Å². The molecular weight excluding hydrogens is 1100 g/mol. The number of halogens is 14. The SMILES string of the molecule is Brc1ccc(-c2nc(-c3ccccn3)nc(-c3ccccn3)n2)cc1.Brc1ccc(-c2nc(-c3ccccn3)nc(-c3ccccn3)n2)cc1.F[P-](F)(F)(F)(F)F.F[P-](F)(F)(F)(F)F.[Fe+2]. The average molecular weight is 1130 g/mol. The van der Waals surface area contributed by atoms with Crippen molar-refractivity contribution in [2.24, 2.45) is 0 Å². The quantitative estimate of drug-likeness (QED) is 0.0901. The van der Waals surface area contributed by atoms with Gasteiger partial charge in [0.2, 0.25) is 0 Å². The van der Waals surface area contributed by atoms with Gasteiger partial charge in [-0.15, -0.1) is 0 Å². The molecule has 0 aliphatic carbocycles. The van der Waals surface area contributed by atoms with Gasteiger partial charge >= 0.3 is 83.0 Å². The molecule has 0 saturated carbocycles. The minimum Gasteiger partial charge on any atom is 2.00 e. The fourth-order valence-corrected chi connectivity index (χ4v) is 5.17. The molecule has 0 amide bonds. The van der Waals surface area contributed by atoms with Gasteiger partial charge in [-0.3, -0.25) is 19.9 Å². The zero-order valence-electron chi connectivity index (χ0n) is 31.9. The standard InChI is InChI=1S/2C19H12BrN5.2F6P.Fe/c2*20-14-9-7-13(8-10-14)17-23-18(15-5-1-3-11-21-15)25-19(24-17)16-6-2-4-12-22-16;2*1-7(2,3,4,5)6;/h2*1-12H;;;/q;;2*-1;+2. The van der Waals surface area contributed by atoms with E-state index in [-0.39, 0.29) is 17.1 Å². The molecule has 0 atom stereocenters. The fourth-order valence-electron chi connectivity index (χ4n) is 4.65. The van der Waals surface area contributed by atoms with Crippen LogP contribution in [0.5, 0.6) is 0 Å². The first-order valence-electron chi connectivity index (χ1n) is 17.3. The molecular formula is C38H24Br2F12FeN10P2. The van der Waals surface area contributed by atoms with Gasteiger partial charge in [0.15, 0.2) is 34.9 Å². The van der Waals surface area contributed by atoms with E-state index in [1.807, 2.05) is 121 Å². The van der Waals surface area contributed by atoms with Crippen LogP contribution < -0.4 is 0 Å². The molecule has 2 aromatic carbocycles. The second kappa shape index (κ2) is 19.2. The summed E-state index contributed by atoms with van der Waals surface area (Å²) in [7, 11) is -21.3. The van der Waals surface area contributed by atoms with Crippen molar-refractivity contribution in [2.45, 2.75) is 0 Å². The third-order valence-electron chi connectivity index (χ3n) is 7.05. The average Bonchev–Trinajstić information content (AvgIpc) is 3.23. The summed E-state index contributed by atoms with van der Waals surface area (Å²) in [4.78, 5) is 44.9. The number of nitrogens with zero attached hydrogens (tertiary/aromatic N) is 10. The van der Waals surface area contributed by atoms with Crippen molar-refractivity contribution in [3.8, 4) is 68.8 Å². The molecule has 0 saturated heterocycles. The first kappa shape index (κ1) is 52.2. The zero-order chi connectivity index (χ0) is 46.9. The van der Waals surface area contributed by atoms with E-state index < -0.39 is 15.6 Å². The van der Waals surface area contributed by atoms with Crippen molar-refractivity contribution in [1.82, 2.24) is 49.8 Å². The van der Waals surface area contributed by atoms with Crippen molar-refractivity contribution in [3.05, 3.63) is 155 Å². The van der Waals surface area contributed by atoms with Crippen LogP contribution in [-0.4, -0.2) is 49.8 Å². The normalized spacial score (nSPS) is 13.1.